The Kier molecular flexibility index (Phi) is 6.84. The summed E-state index contributed by atoms with van der Waals surface area (Å²) in [5.41, 5.74) is 2.47. The van der Waals surface area contributed by atoms with Crippen LogP contribution in [0.15, 0.2) is 59.8 Å². The van der Waals surface area contributed by atoms with Gasteiger partial charge in [0.2, 0.25) is 10.0 Å². The van der Waals surface area contributed by atoms with Gasteiger partial charge < -0.3 is 9.84 Å². The summed E-state index contributed by atoms with van der Waals surface area (Å²) in [6.45, 7) is 1.84. The number of halogens is 2. The standard InChI is InChI=1S/C25H22Cl2N4O5S/c1-15-13-20(30-11-4-10-28-30)16-5-2-7-21(24(16)29-15)36-14-17-18(26)8-9-22(23(17)27)37(34,35)31-12-3-6-19(31)25(32)33/h2,4-5,7-11,13,19H,3,6,12,14H2,1H3,(H,32,33)/t19-/m0/s1. The minimum absolute atomic E-state index is 0.101. The van der Waals surface area contributed by atoms with Crippen LogP contribution >= 0.6 is 23.2 Å². The smallest absolute Gasteiger partial charge is 0.322 e. The van der Waals surface area contributed by atoms with E-state index in [0.29, 0.717) is 17.7 Å². The molecule has 12 heteroatoms. The molecule has 0 spiro atoms. The molecular formula is C25H22Cl2N4O5S. The number of aliphatic carboxylic acids is 1. The van der Waals surface area contributed by atoms with Gasteiger partial charge in [0.05, 0.1) is 10.7 Å². The number of nitrogens with zero attached hydrogens (tertiary/aromatic N) is 4. The molecule has 0 radical (unpaired) electrons. The first kappa shape index (κ1) is 25.5. The summed E-state index contributed by atoms with van der Waals surface area (Å²) in [5, 5.41) is 14.7. The lowest BCUT2D eigenvalue weighted by Crippen LogP contribution is -2.40. The SMILES string of the molecule is Cc1cc(-n2cccn2)c2cccc(OCc3c(Cl)ccc(S(=O)(=O)N4CCC[C@H]4C(=O)O)c3Cl)c2n1. The van der Waals surface area contributed by atoms with Gasteiger partial charge in [-0.05, 0) is 50.1 Å². The monoisotopic (exact) mass is 560 g/mol. The van der Waals surface area contributed by atoms with Gasteiger partial charge in [0.25, 0.3) is 0 Å². The van der Waals surface area contributed by atoms with Crippen molar-refractivity contribution in [1.82, 2.24) is 19.1 Å². The Morgan fingerprint density at radius 3 is 2.76 bits per heavy atom. The predicted molar refractivity (Wildman–Crippen MR) is 139 cm³/mol. The molecule has 3 heterocycles. The van der Waals surface area contributed by atoms with Crippen LogP contribution in [0.25, 0.3) is 16.6 Å². The van der Waals surface area contributed by atoms with Crippen molar-refractivity contribution in [2.45, 2.75) is 37.3 Å². The molecule has 2 aromatic heterocycles. The number of carboxylic acid groups (broad SMARTS) is 1. The van der Waals surface area contributed by atoms with Gasteiger partial charge in [0.1, 0.15) is 28.8 Å². The second-order valence-electron chi connectivity index (χ2n) is 8.62. The van der Waals surface area contributed by atoms with Crippen molar-refractivity contribution in [1.29, 1.82) is 0 Å². The Morgan fingerprint density at radius 2 is 2.03 bits per heavy atom. The van der Waals surface area contributed by atoms with E-state index in [-0.39, 0.29) is 40.1 Å². The maximum absolute atomic E-state index is 13.3. The highest BCUT2D eigenvalue weighted by Crippen LogP contribution is 2.37. The quantitative estimate of drug-likeness (QED) is 0.343. The lowest BCUT2D eigenvalue weighted by Gasteiger charge is -2.22. The molecule has 1 aliphatic heterocycles. The van der Waals surface area contributed by atoms with E-state index in [9.17, 15) is 18.3 Å². The fourth-order valence-corrected chi connectivity index (χ4v) is 7.02. The molecule has 0 amide bonds. The molecule has 37 heavy (non-hydrogen) atoms. The number of hydrogen-bond donors (Lipinski definition) is 1. The third kappa shape index (κ3) is 4.66. The van der Waals surface area contributed by atoms with Gasteiger partial charge in [-0.1, -0.05) is 35.3 Å². The average molecular weight is 561 g/mol. The van der Waals surface area contributed by atoms with Crippen molar-refractivity contribution < 1.29 is 23.1 Å². The number of aryl methyl sites for hydroxylation is 1. The average Bonchev–Trinajstić information content (AvgIpc) is 3.56. The molecule has 1 atom stereocenters. The zero-order valence-corrected chi connectivity index (χ0v) is 22.0. The first-order valence-electron chi connectivity index (χ1n) is 11.4. The lowest BCUT2D eigenvalue weighted by atomic mass is 10.1. The summed E-state index contributed by atoms with van der Waals surface area (Å²) >= 11 is 13.0. The molecule has 1 N–H and O–H groups in total. The van der Waals surface area contributed by atoms with Gasteiger partial charge in [-0.15, -0.1) is 0 Å². The number of rotatable bonds is 7. The van der Waals surface area contributed by atoms with E-state index >= 15 is 0 Å². The Morgan fingerprint density at radius 1 is 1.22 bits per heavy atom. The van der Waals surface area contributed by atoms with Crippen molar-refractivity contribution in [3.8, 4) is 11.4 Å². The largest absolute Gasteiger partial charge is 0.487 e. The van der Waals surface area contributed by atoms with Crippen LogP contribution < -0.4 is 4.74 Å². The first-order chi connectivity index (χ1) is 17.7. The summed E-state index contributed by atoms with van der Waals surface area (Å²) in [7, 11) is -4.17. The number of benzene rings is 2. The van der Waals surface area contributed by atoms with Crippen molar-refractivity contribution >= 4 is 50.1 Å². The van der Waals surface area contributed by atoms with Crippen molar-refractivity contribution in [3.05, 3.63) is 76.2 Å². The first-order valence-corrected chi connectivity index (χ1v) is 13.6. The van der Waals surface area contributed by atoms with E-state index in [2.05, 4.69) is 10.1 Å². The van der Waals surface area contributed by atoms with Crippen LogP contribution in [0.2, 0.25) is 10.0 Å². The van der Waals surface area contributed by atoms with Gasteiger partial charge in [-0.3, -0.25) is 4.79 Å². The summed E-state index contributed by atoms with van der Waals surface area (Å²) < 4.78 is 35.5. The minimum Gasteiger partial charge on any atom is -0.487 e. The maximum atomic E-state index is 13.3. The van der Waals surface area contributed by atoms with E-state index < -0.39 is 22.0 Å². The number of sulfonamides is 1. The molecule has 1 aliphatic rings. The molecular weight excluding hydrogens is 539 g/mol. The fraction of sp³-hybridized carbons (Fsp3) is 0.240. The zero-order chi connectivity index (χ0) is 26.3. The minimum atomic E-state index is -4.17. The zero-order valence-electron chi connectivity index (χ0n) is 19.6. The van der Waals surface area contributed by atoms with E-state index in [1.54, 1.807) is 16.9 Å². The van der Waals surface area contributed by atoms with Gasteiger partial charge in [0.15, 0.2) is 0 Å². The summed E-state index contributed by atoms with van der Waals surface area (Å²) in [6, 6.07) is 10.8. The van der Waals surface area contributed by atoms with Crippen LogP contribution in [0, 0.1) is 6.92 Å². The van der Waals surface area contributed by atoms with E-state index in [4.69, 9.17) is 27.9 Å². The topological polar surface area (TPSA) is 115 Å². The summed E-state index contributed by atoms with van der Waals surface area (Å²) in [5.74, 6) is -0.733. The molecule has 0 aliphatic carbocycles. The summed E-state index contributed by atoms with van der Waals surface area (Å²) in [6.07, 6.45) is 4.21. The number of fused-ring (bicyclic) bond motifs is 1. The summed E-state index contributed by atoms with van der Waals surface area (Å²) in [4.78, 5) is 16.0. The molecule has 2 aromatic carbocycles. The van der Waals surface area contributed by atoms with Crippen molar-refractivity contribution in [2.75, 3.05) is 6.54 Å². The van der Waals surface area contributed by atoms with Crippen LogP contribution in [-0.4, -0.2) is 51.1 Å². The number of aromatic nitrogens is 3. The van der Waals surface area contributed by atoms with E-state index in [0.717, 1.165) is 21.1 Å². The number of carboxylic acids is 1. The highest BCUT2D eigenvalue weighted by molar-refractivity contribution is 7.89. The van der Waals surface area contributed by atoms with Gasteiger partial charge in [-0.2, -0.15) is 9.40 Å². The molecule has 192 valence electrons. The predicted octanol–water partition coefficient (Wildman–Crippen LogP) is 4.85. The normalized spacial score (nSPS) is 16.4. The molecule has 9 nitrogen and oxygen atoms in total. The van der Waals surface area contributed by atoms with Crippen LogP contribution in [0.3, 0.4) is 0 Å². The van der Waals surface area contributed by atoms with Crippen LogP contribution in [-0.2, 0) is 21.4 Å². The van der Waals surface area contributed by atoms with Gasteiger partial charge >= 0.3 is 5.97 Å². The van der Waals surface area contributed by atoms with E-state index in [1.807, 2.05) is 37.4 Å². The highest BCUT2D eigenvalue weighted by atomic mass is 35.5. The van der Waals surface area contributed by atoms with Gasteiger partial charge in [-0.25, -0.2) is 18.1 Å². The Hall–Kier alpha value is -3.18. The molecule has 5 rings (SSSR count). The van der Waals surface area contributed by atoms with Crippen molar-refractivity contribution in [2.24, 2.45) is 0 Å². The number of pyridine rings is 1. The number of hydrogen-bond acceptors (Lipinski definition) is 6. The highest BCUT2D eigenvalue weighted by Gasteiger charge is 2.40. The maximum Gasteiger partial charge on any atom is 0.322 e. The number of carbonyl (C=O) groups is 1. The second kappa shape index (κ2) is 9.94. The van der Waals surface area contributed by atoms with Crippen LogP contribution in [0.5, 0.6) is 5.75 Å². The Labute approximate surface area is 223 Å². The molecule has 1 fully saturated rings. The van der Waals surface area contributed by atoms with Crippen molar-refractivity contribution in [3.63, 3.8) is 0 Å². The van der Waals surface area contributed by atoms with Crippen LogP contribution in [0.1, 0.15) is 24.1 Å². The molecule has 0 saturated carbocycles. The number of ether oxygens (including phenoxy) is 1. The molecule has 4 aromatic rings. The van der Waals surface area contributed by atoms with E-state index in [1.165, 1.54) is 12.1 Å². The number of para-hydroxylation sites is 1. The lowest BCUT2D eigenvalue weighted by molar-refractivity contribution is -0.140. The molecule has 1 saturated heterocycles. The third-order valence-electron chi connectivity index (χ3n) is 6.26. The second-order valence-corrected chi connectivity index (χ2v) is 11.3. The van der Waals surface area contributed by atoms with Gasteiger partial charge in [0, 0.05) is 40.6 Å². The third-order valence-corrected chi connectivity index (χ3v) is 9.11. The van der Waals surface area contributed by atoms with Crippen LogP contribution in [0.4, 0.5) is 0 Å². The molecule has 0 unspecified atom stereocenters. The Balaban J connectivity index is 1.50. The fourth-order valence-electron chi connectivity index (χ4n) is 4.50. The molecule has 0 bridgehead atoms. The Bertz CT molecular complexity index is 1610.